The van der Waals surface area contributed by atoms with Crippen LogP contribution in [0.25, 0.3) is 0 Å². The molecule has 0 spiro atoms. The SMILES string of the molecule is CC(NS(=O)(=O)c1cc(Br)ccc1N)c1ccccc1. The molecule has 2 aromatic rings. The Labute approximate surface area is 127 Å². The number of rotatable bonds is 4. The number of anilines is 1. The molecule has 0 heterocycles. The molecule has 1 atom stereocenters. The first-order chi connectivity index (χ1) is 9.40. The number of nitrogens with one attached hydrogen (secondary N) is 1. The van der Waals surface area contributed by atoms with Gasteiger partial charge in [-0.1, -0.05) is 46.3 Å². The first-order valence-corrected chi connectivity index (χ1v) is 8.30. The highest BCUT2D eigenvalue weighted by atomic mass is 79.9. The number of hydrogen-bond donors (Lipinski definition) is 2. The van der Waals surface area contributed by atoms with Crippen LogP contribution in [0.1, 0.15) is 18.5 Å². The van der Waals surface area contributed by atoms with Gasteiger partial charge in [0.15, 0.2) is 0 Å². The molecule has 4 nitrogen and oxygen atoms in total. The number of sulfonamides is 1. The zero-order chi connectivity index (χ0) is 14.8. The minimum Gasteiger partial charge on any atom is -0.398 e. The van der Waals surface area contributed by atoms with Gasteiger partial charge >= 0.3 is 0 Å². The van der Waals surface area contributed by atoms with E-state index < -0.39 is 10.0 Å². The van der Waals surface area contributed by atoms with Crippen molar-refractivity contribution in [3.8, 4) is 0 Å². The maximum atomic E-state index is 12.4. The predicted octanol–water partition coefficient (Wildman–Crippen LogP) is 3.07. The fourth-order valence-electron chi connectivity index (χ4n) is 1.85. The summed E-state index contributed by atoms with van der Waals surface area (Å²) >= 11 is 3.25. The fourth-order valence-corrected chi connectivity index (χ4v) is 3.75. The lowest BCUT2D eigenvalue weighted by Crippen LogP contribution is -2.27. The molecule has 0 aliphatic heterocycles. The summed E-state index contributed by atoms with van der Waals surface area (Å²) in [4.78, 5) is 0.0784. The van der Waals surface area contributed by atoms with Gasteiger partial charge in [-0.25, -0.2) is 13.1 Å². The largest absolute Gasteiger partial charge is 0.398 e. The third-order valence-corrected chi connectivity index (χ3v) is 4.99. The predicted molar refractivity (Wildman–Crippen MR) is 83.7 cm³/mol. The zero-order valence-electron chi connectivity index (χ0n) is 10.9. The minimum absolute atomic E-state index is 0.0784. The first-order valence-electron chi connectivity index (χ1n) is 6.02. The van der Waals surface area contributed by atoms with E-state index in [1.54, 1.807) is 19.1 Å². The lowest BCUT2D eigenvalue weighted by Gasteiger charge is -2.15. The molecule has 106 valence electrons. The van der Waals surface area contributed by atoms with E-state index in [9.17, 15) is 8.42 Å². The Bertz CT molecular complexity index is 702. The molecule has 6 heteroatoms. The van der Waals surface area contributed by atoms with E-state index in [1.165, 1.54) is 6.07 Å². The molecule has 0 aliphatic carbocycles. The summed E-state index contributed by atoms with van der Waals surface area (Å²) in [5, 5.41) is 0. The number of hydrogen-bond acceptors (Lipinski definition) is 3. The number of nitrogens with two attached hydrogens (primary N) is 1. The topological polar surface area (TPSA) is 72.2 Å². The summed E-state index contributed by atoms with van der Waals surface area (Å²) in [6.07, 6.45) is 0. The Morgan fingerprint density at radius 1 is 1.15 bits per heavy atom. The van der Waals surface area contributed by atoms with Gasteiger partial charge < -0.3 is 5.73 Å². The molecule has 2 aromatic carbocycles. The Kier molecular flexibility index (Phi) is 4.47. The summed E-state index contributed by atoms with van der Waals surface area (Å²) in [5.41, 5.74) is 6.87. The third kappa shape index (κ3) is 3.39. The second-order valence-electron chi connectivity index (χ2n) is 4.44. The molecule has 0 aromatic heterocycles. The Balaban J connectivity index is 2.30. The van der Waals surface area contributed by atoms with E-state index in [0.29, 0.717) is 4.47 Å². The molecule has 0 saturated carbocycles. The molecule has 0 bridgehead atoms. The van der Waals surface area contributed by atoms with Gasteiger partial charge in [-0.15, -0.1) is 0 Å². The maximum Gasteiger partial charge on any atom is 0.243 e. The Morgan fingerprint density at radius 2 is 1.80 bits per heavy atom. The van der Waals surface area contributed by atoms with Crippen molar-refractivity contribution in [3.05, 3.63) is 58.6 Å². The van der Waals surface area contributed by atoms with Crippen molar-refractivity contribution in [3.63, 3.8) is 0 Å². The van der Waals surface area contributed by atoms with Crippen molar-refractivity contribution in [1.29, 1.82) is 0 Å². The van der Waals surface area contributed by atoms with Crippen molar-refractivity contribution in [1.82, 2.24) is 4.72 Å². The zero-order valence-corrected chi connectivity index (χ0v) is 13.3. The van der Waals surface area contributed by atoms with Crippen LogP contribution in [0.5, 0.6) is 0 Å². The van der Waals surface area contributed by atoms with Gasteiger partial charge in [-0.05, 0) is 30.7 Å². The summed E-state index contributed by atoms with van der Waals surface area (Å²) in [6.45, 7) is 1.79. The Morgan fingerprint density at radius 3 is 2.45 bits per heavy atom. The summed E-state index contributed by atoms with van der Waals surface area (Å²) in [5.74, 6) is 0. The van der Waals surface area contributed by atoms with E-state index >= 15 is 0 Å². The third-order valence-electron chi connectivity index (χ3n) is 2.90. The van der Waals surface area contributed by atoms with Crippen molar-refractivity contribution in [2.24, 2.45) is 0 Å². The van der Waals surface area contributed by atoms with Crippen LogP contribution in [0.2, 0.25) is 0 Å². The second kappa shape index (κ2) is 5.95. The smallest absolute Gasteiger partial charge is 0.243 e. The van der Waals surface area contributed by atoms with Crippen LogP contribution in [0.15, 0.2) is 57.9 Å². The summed E-state index contributed by atoms with van der Waals surface area (Å²) in [7, 11) is -3.67. The van der Waals surface area contributed by atoms with Crippen molar-refractivity contribution in [2.45, 2.75) is 17.9 Å². The first kappa shape index (κ1) is 15.0. The standard InChI is InChI=1S/C14H15BrN2O2S/c1-10(11-5-3-2-4-6-11)17-20(18,19)14-9-12(15)7-8-13(14)16/h2-10,17H,16H2,1H3. The van der Waals surface area contributed by atoms with Gasteiger partial charge in [0.2, 0.25) is 10.0 Å². The van der Waals surface area contributed by atoms with Crippen LogP contribution in [0.4, 0.5) is 5.69 Å². The summed E-state index contributed by atoms with van der Waals surface area (Å²) < 4.78 is 28.0. The van der Waals surface area contributed by atoms with Crippen LogP contribution < -0.4 is 10.5 Å². The molecular weight excluding hydrogens is 340 g/mol. The molecule has 2 rings (SSSR count). The quantitative estimate of drug-likeness (QED) is 0.828. The van der Waals surface area contributed by atoms with Gasteiger partial charge in [0.25, 0.3) is 0 Å². The highest BCUT2D eigenvalue weighted by Crippen LogP contribution is 2.24. The average Bonchev–Trinajstić information content (AvgIpc) is 2.42. The van der Waals surface area contributed by atoms with Crippen LogP contribution in [0.3, 0.4) is 0 Å². The maximum absolute atomic E-state index is 12.4. The van der Waals surface area contributed by atoms with Crippen LogP contribution in [-0.4, -0.2) is 8.42 Å². The molecule has 0 aliphatic rings. The van der Waals surface area contributed by atoms with Crippen molar-refractivity contribution >= 4 is 31.6 Å². The molecule has 20 heavy (non-hydrogen) atoms. The molecule has 0 amide bonds. The van der Waals surface area contributed by atoms with Gasteiger partial charge in [0.05, 0.1) is 5.69 Å². The van der Waals surface area contributed by atoms with E-state index in [0.717, 1.165) is 5.56 Å². The van der Waals surface area contributed by atoms with Crippen LogP contribution in [-0.2, 0) is 10.0 Å². The second-order valence-corrected chi connectivity index (χ2v) is 7.03. The lowest BCUT2D eigenvalue weighted by molar-refractivity contribution is 0.567. The van der Waals surface area contributed by atoms with Gasteiger partial charge in [0, 0.05) is 10.5 Å². The van der Waals surface area contributed by atoms with Crippen molar-refractivity contribution in [2.75, 3.05) is 5.73 Å². The highest BCUT2D eigenvalue weighted by Gasteiger charge is 2.21. The van der Waals surface area contributed by atoms with E-state index in [-0.39, 0.29) is 16.6 Å². The fraction of sp³-hybridized carbons (Fsp3) is 0.143. The highest BCUT2D eigenvalue weighted by molar-refractivity contribution is 9.10. The van der Waals surface area contributed by atoms with Gasteiger partial charge in [-0.3, -0.25) is 0 Å². The number of halogens is 1. The lowest BCUT2D eigenvalue weighted by atomic mass is 10.1. The molecule has 0 radical (unpaired) electrons. The number of benzene rings is 2. The summed E-state index contributed by atoms with van der Waals surface area (Å²) in [6, 6.07) is 13.8. The monoisotopic (exact) mass is 354 g/mol. The molecule has 3 N–H and O–H groups in total. The van der Waals surface area contributed by atoms with E-state index in [4.69, 9.17) is 5.73 Å². The average molecular weight is 355 g/mol. The normalized spacial score (nSPS) is 13.1. The van der Waals surface area contributed by atoms with Crippen LogP contribution >= 0.6 is 15.9 Å². The molecule has 0 fully saturated rings. The molecular formula is C14H15BrN2O2S. The van der Waals surface area contributed by atoms with Gasteiger partial charge in [-0.2, -0.15) is 0 Å². The number of nitrogen functional groups attached to an aromatic ring is 1. The van der Waals surface area contributed by atoms with E-state index in [1.807, 2.05) is 30.3 Å². The minimum atomic E-state index is -3.67. The van der Waals surface area contributed by atoms with Crippen LogP contribution in [0, 0.1) is 0 Å². The van der Waals surface area contributed by atoms with Crippen molar-refractivity contribution < 1.29 is 8.42 Å². The molecule has 0 saturated heterocycles. The molecule has 1 unspecified atom stereocenters. The van der Waals surface area contributed by atoms with E-state index in [2.05, 4.69) is 20.7 Å². The van der Waals surface area contributed by atoms with Gasteiger partial charge in [0.1, 0.15) is 4.90 Å². The Hall–Kier alpha value is -1.37.